The van der Waals surface area contributed by atoms with E-state index in [0.29, 0.717) is 6.42 Å². The molecule has 0 aliphatic heterocycles. The van der Waals surface area contributed by atoms with Gasteiger partial charge in [-0.15, -0.1) is 0 Å². The maximum atomic E-state index is 12.9. The Labute approximate surface area is 172 Å². The van der Waals surface area contributed by atoms with E-state index in [1.165, 1.54) is 28.7 Å². The molecule has 0 aromatic rings. The minimum absolute atomic E-state index is 0.0292. The quantitative estimate of drug-likeness (QED) is 0.360. The smallest absolute Gasteiger partial charge is 0.156 e. The molecule has 0 aromatic heterocycles. The largest absolute Gasteiger partial charge is 0.299 e. The van der Waals surface area contributed by atoms with E-state index in [1.54, 1.807) is 6.92 Å². The molecule has 0 saturated carbocycles. The highest BCUT2D eigenvalue weighted by Gasteiger charge is 2.42. The van der Waals surface area contributed by atoms with Crippen LogP contribution >= 0.6 is 0 Å². The SMILES string of the molecule is CCC(=O)CC(C(C)=O)=C(C1=C(C)CCCC1(C)C)C1C(C)=CCCC1(C)C. The van der Waals surface area contributed by atoms with Crippen LogP contribution in [-0.4, -0.2) is 11.6 Å². The van der Waals surface area contributed by atoms with Crippen LogP contribution < -0.4 is 0 Å². The van der Waals surface area contributed by atoms with Crippen molar-refractivity contribution in [2.45, 2.75) is 100 Å². The van der Waals surface area contributed by atoms with Crippen molar-refractivity contribution in [2.75, 3.05) is 0 Å². The summed E-state index contributed by atoms with van der Waals surface area (Å²) in [7, 11) is 0. The number of carbonyl (C=O) groups is 2. The predicted molar refractivity (Wildman–Crippen MR) is 118 cm³/mol. The second kappa shape index (κ2) is 8.51. The molecular formula is C26H40O2. The molecule has 0 fully saturated rings. The zero-order valence-corrected chi connectivity index (χ0v) is 19.4. The zero-order valence-electron chi connectivity index (χ0n) is 19.4. The molecular weight excluding hydrogens is 344 g/mol. The number of carbonyl (C=O) groups excluding carboxylic acids is 2. The Morgan fingerprint density at radius 1 is 1.11 bits per heavy atom. The highest BCUT2D eigenvalue weighted by atomic mass is 16.1. The molecule has 2 nitrogen and oxygen atoms in total. The molecule has 2 heteroatoms. The summed E-state index contributed by atoms with van der Waals surface area (Å²) in [4.78, 5) is 25.4. The van der Waals surface area contributed by atoms with E-state index < -0.39 is 0 Å². The van der Waals surface area contributed by atoms with Gasteiger partial charge in [-0.05, 0) is 74.9 Å². The molecule has 156 valence electrons. The maximum Gasteiger partial charge on any atom is 0.156 e. The van der Waals surface area contributed by atoms with E-state index in [4.69, 9.17) is 0 Å². The lowest BCUT2D eigenvalue weighted by atomic mass is 9.58. The van der Waals surface area contributed by atoms with E-state index in [9.17, 15) is 9.59 Å². The molecule has 2 aliphatic carbocycles. The van der Waals surface area contributed by atoms with Gasteiger partial charge in [0, 0.05) is 24.3 Å². The van der Waals surface area contributed by atoms with Crippen molar-refractivity contribution < 1.29 is 9.59 Å². The first kappa shape index (κ1) is 22.8. The van der Waals surface area contributed by atoms with Gasteiger partial charge >= 0.3 is 0 Å². The molecule has 0 aromatic carbocycles. The Morgan fingerprint density at radius 2 is 1.75 bits per heavy atom. The summed E-state index contributed by atoms with van der Waals surface area (Å²) in [6.07, 6.45) is 8.72. The van der Waals surface area contributed by atoms with E-state index in [2.05, 4.69) is 47.6 Å². The van der Waals surface area contributed by atoms with Crippen LogP contribution in [0.4, 0.5) is 0 Å². The number of Topliss-reactive ketones (excluding diaryl/α,β-unsaturated/α-hetero) is 2. The molecule has 2 rings (SSSR count). The normalized spacial score (nSPS) is 25.1. The first-order valence-electron chi connectivity index (χ1n) is 11.0. The van der Waals surface area contributed by atoms with E-state index in [1.807, 2.05) is 6.92 Å². The maximum absolute atomic E-state index is 12.9. The van der Waals surface area contributed by atoms with E-state index in [0.717, 1.165) is 31.3 Å². The zero-order chi connectivity index (χ0) is 21.3. The molecule has 2 aliphatic rings. The van der Waals surface area contributed by atoms with Crippen LogP contribution in [0, 0.1) is 16.7 Å². The van der Waals surface area contributed by atoms with Gasteiger partial charge in [-0.3, -0.25) is 9.59 Å². The van der Waals surface area contributed by atoms with Gasteiger partial charge in [0.25, 0.3) is 0 Å². The molecule has 0 N–H and O–H groups in total. The van der Waals surface area contributed by atoms with Gasteiger partial charge < -0.3 is 0 Å². The van der Waals surface area contributed by atoms with Gasteiger partial charge in [0.15, 0.2) is 5.78 Å². The Hall–Kier alpha value is -1.44. The molecule has 0 amide bonds. The van der Waals surface area contributed by atoms with Crippen LogP contribution in [0.5, 0.6) is 0 Å². The Kier molecular flexibility index (Phi) is 6.94. The van der Waals surface area contributed by atoms with E-state index in [-0.39, 0.29) is 34.7 Å². The fourth-order valence-electron chi connectivity index (χ4n) is 5.59. The van der Waals surface area contributed by atoms with Gasteiger partial charge in [0.05, 0.1) is 0 Å². The molecule has 0 radical (unpaired) electrons. The highest BCUT2D eigenvalue weighted by molar-refractivity contribution is 6.00. The third-order valence-electron chi connectivity index (χ3n) is 7.03. The third kappa shape index (κ3) is 4.58. The number of allylic oxidation sites excluding steroid dienone is 6. The highest BCUT2D eigenvalue weighted by Crippen LogP contribution is 2.54. The summed E-state index contributed by atoms with van der Waals surface area (Å²) < 4.78 is 0. The summed E-state index contributed by atoms with van der Waals surface area (Å²) in [5.41, 5.74) is 6.19. The molecule has 0 saturated heterocycles. The number of ketones is 2. The molecule has 0 heterocycles. The standard InChI is InChI=1S/C26H40O2/c1-9-20(28)16-21(19(4)27)22(23-17(2)12-10-14-25(23,5)6)24-18(3)13-11-15-26(24,7)8/h12,23H,9-11,13-16H2,1-8H3. The van der Waals surface area contributed by atoms with Crippen molar-refractivity contribution >= 4 is 11.6 Å². The van der Waals surface area contributed by atoms with Gasteiger partial charge in [-0.25, -0.2) is 0 Å². The second-order valence-corrected chi connectivity index (χ2v) is 10.3. The topological polar surface area (TPSA) is 34.1 Å². The minimum atomic E-state index is 0.0292. The number of rotatable bonds is 6. The first-order chi connectivity index (χ1) is 12.9. The second-order valence-electron chi connectivity index (χ2n) is 10.3. The summed E-state index contributed by atoms with van der Waals surface area (Å²) in [6.45, 7) is 17.3. The summed E-state index contributed by atoms with van der Waals surface area (Å²) >= 11 is 0. The van der Waals surface area contributed by atoms with Crippen molar-refractivity contribution in [3.63, 3.8) is 0 Å². The third-order valence-corrected chi connectivity index (χ3v) is 7.03. The minimum Gasteiger partial charge on any atom is -0.299 e. The van der Waals surface area contributed by atoms with Crippen molar-refractivity contribution in [3.8, 4) is 0 Å². The van der Waals surface area contributed by atoms with Crippen molar-refractivity contribution in [3.05, 3.63) is 33.9 Å². The van der Waals surface area contributed by atoms with Crippen molar-refractivity contribution in [2.24, 2.45) is 16.7 Å². The Bertz CT molecular complexity index is 740. The first-order valence-corrected chi connectivity index (χ1v) is 11.0. The molecule has 0 spiro atoms. The molecule has 1 unspecified atom stereocenters. The van der Waals surface area contributed by atoms with Gasteiger partial charge in [0.2, 0.25) is 0 Å². The fourth-order valence-corrected chi connectivity index (χ4v) is 5.59. The van der Waals surface area contributed by atoms with Gasteiger partial charge in [-0.2, -0.15) is 0 Å². The number of hydrogen-bond acceptors (Lipinski definition) is 2. The van der Waals surface area contributed by atoms with Gasteiger partial charge in [-0.1, -0.05) is 51.8 Å². The van der Waals surface area contributed by atoms with Crippen LogP contribution in [0.2, 0.25) is 0 Å². The van der Waals surface area contributed by atoms with Crippen molar-refractivity contribution in [1.29, 1.82) is 0 Å². The van der Waals surface area contributed by atoms with Crippen LogP contribution in [0.15, 0.2) is 33.9 Å². The average molecular weight is 385 g/mol. The average Bonchev–Trinajstić information content (AvgIpc) is 2.56. The molecule has 1 atom stereocenters. The Balaban J connectivity index is 2.87. The molecule has 0 bridgehead atoms. The van der Waals surface area contributed by atoms with Crippen molar-refractivity contribution in [1.82, 2.24) is 0 Å². The predicted octanol–water partition coefficient (Wildman–Crippen LogP) is 7.15. The summed E-state index contributed by atoms with van der Waals surface area (Å²) in [6, 6.07) is 0. The van der Waals surface area contributed by atoms with Crippen LogP contribution in [-0.2, 0) is 9.59 Å². The summed E-state index contributed by atoms with van der Waals surface area (Å²) in [5.74, 6) is 0.421. The summed E-state index contributed by atoms with van der Waals surface area (Å²) in [5, 5.41) is 0. The fraction of sp³-hybridized carbons (Fsp3) is 0.692. The lowest BCUT2D eigenvalue weighted by Gasteiger charge is -2.46. The van der Waals surface area contributed by atoms with Crippen LogP contribution in [0.3, 0.4) is 0 Å². The lowest BCUT2D eigenvalue weighted by molar-refractivity contribution is -0.120. The lowest BCUT2D eigenvalue weighted by Crippen LogP contribution is -2.35. The Morgan fingerprint density at radius 3 is 2.25 bits per heavy atom. The van der Waals surface area contributed by atoms with Gasteiger partial charge in [0.1, 0.15) is 5.78 Å². The van der Waals surface area contributed by atoms with E-state index >= 15 is 0 Å². The van der Waals surface area contributed by atoms with Crippen LogP contribution in [0.25, 0.3) is 0 Å². The molecule has 28 heavy (non-hydrogen) atoms. The van der Waals surface area contributed by atoms with Crippen LogP contribution in [0.1, 0.15) is 100 Å². The number of hydrogen-bond donors (Lipinski definition) is 0. The monoisotopic (exact) mass is 384 g/mol.